The van der Waals surface area contributed by atoms with Gasteiger partial charge in [0.1, 0.15) is 11.5 Å². The van der Waals surface area contributed by atoms with E-state index in [2.05, 4.69) is 4.74 Å². The van der Waals surface area contributed by atoms with Gasteiger partial charge in [0.2, 0.25) is 10.0 Å². The third-order valence-electron chi connectivity index (χ3n) is 2.11. The van der Waals surface area contributed by atoms with Crippen molar-refractivity contribution in [3.05, 3.63) is 23.8 Å². The number of benzene rings is 1. The second-order valence-corrected chi connectivity index (χ2v) is 5.62. The number of nitrogens with two attached hydrogens (primary N) is 1. The summed E-state index contributed by atoms with van der Waals surface area (Å²) in [4.78, 5) is -1.03. The Morgan fingerprint density at radius 2 is 1.86 bits per heavy atom. The molecule has 11 heteroatoms. The molecule has 0 saturated carbocycles. The molecule has 0 unspecified atom stereocenters. The predicted octanol–water partition coefficient (Wildman–Crippen LogP) is 1.40. The van der Waals surface area contributed by atoms with Crippen molar-refractivity contribution in [2.75, 3.05) is 25.5 Å². The molecule has 0 aliphatic carbocycles. The Kier molecular flexibility index (Phi) is 5.48. The van der Waals surface area contributed by atoms with Crippen LogP contribution in [0.3, 0.4) is 0 Å². The van der Waals surface area contributed by atoms with E-state index >= 15 is 0 Å². The van der Waals surface area contributed by atoms with Gasteiger partial charge in [-0.2, -0.15) is 13.2 Å². The van der Waals surface area contributed by atoms with Gasteiger partial charge >= 0.3 is 6.18 Å². The van der Waals surface area contributed by atoms with Crippen molar-refractivity contribution in [1.82, 2.24) is 4.72 Å². The van der Waals surface area contributed by atoms with Gasteiger partial charge in [0, 0.05) is 12.2 Å². The summed E-state index contributed by atoms with van der Waals surface area (Å²) >= 11 is 0. The van der Waals surface area contributed by atoms with E-state index < -0.39 is 52.5 Å². The van der Waals surface area contributed by atoms with Crippen LogP contribution in [0, 0.1) is 11.6 Å². The van der Waals surface area contributed by atoms with Crippen molar-refractivity contribution < 1.29 is 35.1 Å². The first-order chi connectivity index (χ1) is 9.53. The molecule has 1 rings (SSSR count). The Morgan fingerprint density at radius 1 is 1.24 bits per heavy atom. The minimum Gasteiger partial charge on any atom is -0.399 e. The molecule has 3 N–H and O–H groups in total. The average molecular weight is 334 g/mol. The van der Waals surface area contributed by atoms with Crippen LogP contribution in [0.1, 0.15) is 0 Å². The van der Waals surface area contributed by atoms with Crippen LogP contribution in [0.2, 0.25) is 0 Å². The first-order valence-corrected chi connectivity index (χ1v) is 6.90. The third-order valence-corrected chi connectivity index (χ3v) is 3.57. The Labute approximate surface area is 116 Å². The molecule has 0 aliphatic rings. The Morgan fingerprint density at radius 3 is 2.43 bits per heavy atom. The number of nitrogens with one attached hydrogen (secondary N) is 1. The summed E-state index contributed by atoms with van der Waals surface area (Å²) < 4.78 is 91.0. The van der Waals surface area contributed by atoms with Crippen molar-refractivity contribution in [3.63, 3.8) is 0 Å². The average Bonchev–Trinajstić information content (AvgIpc) is 2.31. The number of hydrogen-bond donors (Lipinski definition) is 2. The lowest BCUT2D eigenvalue weighted by atomic mass is 10.3. The molecule has 0 saturated heterocycles. The molecule has 0 aliphatic heterocycles. The minimum absolute atomic E-state index is 0.317. The lowest BCUT2D eigenvalue weighted by Gasteiger charge is -2.10. The van der Waals surface area contributed by atoms with Crippen LogP contribution in [-0.4, -0.2) is 34.4 Å². The quantitative estimate of drug-likeness (QED) is 0.468. The standard InChI is InChI=1S/C10H11F5N2O3S/c11-7-3-6(16)4-8(9(7)12)21(18,19)17-1-2-20-5-10(13,14)15/h3-4,17H,1-2,5,16H2. The van der Waals surface area contributed by atoms with Gasteiger partial charge in [-0.1, -0.05) is 0 Å². The highest BCUT2D eigenvalue weighted by molar-refractivity contribution is 7.89. The molecule has 5 nitrogen and oxygen atoms in total. The fourth-order valence-corrected chi connectivity index (χ4v) is 2.43. The zero-order valence-corrected chi connectivity index (χ0v) is 11.2. The molecule has 0 aromatic heterocycles. The molecule has 0 fully saturated rings. The van der Waals surface area contributed by atoms with Gasteiger partial charge in [-0.15, -0.1) is 0 Å². The number of nitrogen functional groups attached to an aromatic ring is 1. The molecule has 0 amide bonds. The highest BCUT2D eigenvalue weighted by Gasteiger charge is 2.27. The fourth-order valence-electron chi connectivity index (χ4n) is 1.29. The van der Waals surface area contributed by atoms with Crippen LogP contribution < -0.4 is 10.5 Å². The van der Waals surface area contributed by atoms with E-state index in [0.29, 0.717) is 12.1 Å². The smallest absolute Gasteiger partial charge is 0.399 e. The van der Waals surface area contributed by atoms with Gasteiger partial charge in [0.15, 0.2) is 11.6 Å². The molecule has 1 aromatic carbocycles. The number of hydrogen-bond acceptors (Lipinski definition) is 4. The number of halogens is 5. The van der Waals surface area contributed by atoms with Crippen LogP contribution >= 0.6 is 0 Å². The Hall–Kier alpha value is -1.46. The first kappa shape index (κ1) is 17.6. The summed E-state index contributed by atoms with van der Waals surface area (Å²) in [6, 6.07) is 1.29. The first-order valence-electron chi connectivity index (χ1n) is 5.41. The molecular weight excluding hydrogens is 323 g/mol. The van der Waals surface area contributed by atoms with E-state index in [0.717, 1.165) is 0 Å². The maximum absolute atomic E-state index is 13.4. The normalized spacial score (nSPS) is 12.6. The molecule has 1 aromatic rings. The largest absolute Gasteiger partial charge is 0.411 e. The molecule has 0 spiro atoms. The number of rotatable bonds is 6. The molecule has 0 heterocycles. The third kappa shape index (κ3) is 5.44. The number of sulfonamides is 1. The fraction of sp³-hybridized carbons (Fsp3) is 0.400. The maximum Gasteiger partial charge on any atom is 0.411 e. The number of anilines is 1. The second kappa shape index (κ2) is 6.54. The van der Waals surface area contributed by atoms with Crippen LogP contribution in [0.4, 0.5) is 27.6 Å². The van der Waals surface area contributed by atoms with Gasteiger partial charge in [-0.25, -0.2) is 21.9 Å². The zero-order chi connectivity index (χ0) is 16.3. The summed E-state index contributed by atoms with van der Waals surface area (Å²) in [6.45, 7) is -2.69. The van der Waals surface area contributed by atoms with Crippen LogP contribution in [0.5, 0.6) is 0 Å². The summed E-state index contributed by atoms with van der Waals surface area (Å²) in [5.74, 6) is -3.09. The second-order valence-electron chi connectivity index (χ2n) is 3.88. The summed E-state index contributed by atoms with van der Waals surface area (Å²) in [5, 5.41) is 0. The van der Waals surface area contributed by atoms with E-state index in [4.69, 9.17) is 5.73 Å². The summed E-state index contributed by atoms with van der Waals surface area (Å²) in [5.41, 5.74) is 4.88. The van der Waals surface area contributed by atoms with E-state index in [1.807, 2.05) is 0 Å². The van der Waals surface area contributed by atoms with E-state index in [-0.39, 0.29) is 5.69 Å². The molecule has 21 heavy (non-hydrogen) atoms. The number of alkyl halides is 3. The maximum atomic E-state index is 13.4. The van der Waals surface area contributed by atoms with Gasteiger partial charge in [0.25, 0.3) is 0 Å². The lowest BCUT2D eigenvalue weighted by molar-refractivity contribution is -0.173. The van der Waals surface area contributed by atoms with E-state index in [9.17, 15) is 30.4 Å². The van der Waals surface area contributed by atoms with Crippen LogP contribution in [-0.2, 0) is 14.8 Å². The SMILES string of the molecule is Nc1cc(F)c(F)c(S(=O)(=O)NCCOCC(F)(F)F)c1. The molecule has 0 atom stereocenters. The number of ether oxygens (including phenoxy) is 1. The highest BCUT2D eigenvalue weighted by Crippen LogP contribution is 2.20. The Bertz CT molecular complexity index is 603. The summed E-state index contributed by atoms with van der Waals surface area (Å²) in [7, 11) is -4.46. The van der Waals surface area contributed by atoms with Crippen molar-refractivity contribution >= 4 is 15.7 Å². The Balaban J connectivity index is 2.67. The van der Waals surface area contributed by atoms with Crippen LogP contribution in [0.25, 0.3) is 0 Å². The van der Waals surface area contributed by atoms with E-state index in [1.54, 1.807) is 4.72 Å². The molecule has 120 valence electrons. The van der Waals surface area contributed by atoms with Gasteiger partial charge in [0.05, 0.1) is 6.61 Å². The van der Waals surface area contributed by atoms with Gasteiger partial charge < -0.3 is 10.5 Å². The van der Waals surface area contributed by atoms with Crippen molar-refractivity contribution in [2.24, 2.45) is 0 Å². The molecular formula is C10H11F5N2O3S. The molecule has 0 radical (unpaired) electrons. The van der Waals surface area contributed by atoms with Crippen LogP contribution in [0.15, 0.2) is 17.0 Å². The highest BCUT2D eigenvalue weighted by atomic mass is 32.2. The van der Waals surface area contributed by atoms with Crippen molar-refractivity contribution in [1.29, 1.82) is 0 Å². The topological polar surface area (TPSA) is 81.4 Å². The van der Waals surface area contributed by atoms with Gasteiger partial charge in [-0.05, 0) is 12.1 Å². The summed E-state index contributed by atoms with van der Waals surface area (Å²) in [6.07, 6.45) is -4.54. The van der Waals surface area contributed by atoms with Crippen molar-refractivity contribution in [2.45, 2.75) is 11.1 Å². The monoisotopic (exact) mass is 334 g/mol. The zero-order valence-electron chi connectivity index (χ0n) is 10.4. The van der Waals surface area contributed by atoms with Crippen molar-refractivity contribution in [3.8, 4) is 0 Å². The lowest BCUT2D eigenvalue weighted by Crippen LogP contribution is -2.29. The van der Waals surface area contributed by atoms with Gasteiger partial charge in [-0.3, -0.25) is 0 Å². The van der Waals surface area contributed by atoms with E-state index in [1.165, 1.54) is 0 Å². The predicted molar refractivity (Wildman–Crippen MR) is 62.8 cm³/mol. The molecule has 0 bridgehead atoms. The minimum atomic E-state index is -4.54.